The first-order chi connectivity index (χ1) is 8.30. The number of alkyl halides is 3. The molecule has 100 valence electrons. The molecule has 0 saturated carbocycles. The number of benzene rings is 1. The average Bonchev–Trinajstić information content (AvgIpc) is 2.27. The lowest BCUT2D eigenvalue weighted by Gasteiger charge is -2.08. The number of hydrogen-bond acceptors (Lipinski definition) is 1. The van der Waals surface area contributed by atoms with E-state index in [9.17, 15) is 18.0 Å². The number of hydrogen-bond donors (Lipinski definition) is 0. The van der Waals surface area contributed by atoms with Crippen molar-refractivity contribution >= 4 is 5.78 Å². The first-order valence-corrected chi connectivity index (χ1v) is 6.01. The Kier molecular flexibility index (Phi) is 4.93. The fourth-order valence-corrected chi connectivity index (χ4v) is 1.68. The van der Waals surface area contributed by atoms with Crippen molar-refractivity contribution in [2.24, 2.45) is 5.92 Å². The normalized spacial score (nSPS) is 11.9. The smallest absolute Gasteiger partial charge is 0.294 e. The standard InChI is InChI=1S/C14H17F3O/c1-10(2)5-3-8-13(18)11-6-4-7-12(9-11)14(15,16)17/h4,6-7,9-10H,3,5,8H2,1-2H3. The van der Waals surface area contributed by atoms with Crippen molar-refractivity contribution in [2.75, 3.05) is 0 Å². The highest BCUT2D eigenvalue weighted by Crippen LogP contribution is 2.29. The van der Waals surface area contributed by atoms with Crippen molar-refractivity contribution in [2.45, 2.75) is 39.3 Å². The molecular formula is C14H17F3O. The van der Waals surface area contributed by atoms with E-state index in [4.69, 9.17) is 0 Å². The van der Waals surface area contributed by atoms with Gasteiger partial charge in [-0.25, -0.2) is 0 Å². The molecule has 18 heavy (non-hydrogen) atoms. The minimum Gasteiger partial charge on any atom is -0.294 e. The third kappa shape index (κ3) is 4.51. The Morgan fingerprint density at radius 1 is 1.28 bits per heavy atom. The Morgan fingerprint density at radius 2 is 1.94 bits per heavy atom. The molecule has 4 heteroatoms. The molecule has 0 heterocycles. The Bertz CT molecular complexity index is 408. The Balaban J connectivity index is 2.69. The van der Waals surface area contributed by atoms with Crippen molar-refractivity contribution < 1.29 is 18.0 Å². The van der Waals surface area contributed by atoms with E-state index in [1.54, 1.807) is 0 Å². The SMILES string of the molecule is CC(C)CCCC(=O)c1cccc(C(F)(F)F)c1. The molecule has 1 aromatic carbocycles. The van der Waals surface area contributed by atoms with Gasteiger partial charge in [-0.05, 0) is 24.5 Å². The average molecular weight is 258 g/mol. The first kappa shape index (κ1) is 14.7. The summed E-state index contributed by atoms with van der Waals surface area (Å²) in [6.07, 6.45) is -2.47. The zero-order valence-electron chi connectivity index (χ0n) is 10.6. The highest BCUT2D eigenvalue weighted by molar-refractivity contribution is 5.96. The second kappa shape index (κ2) is 6.03. The largest absolute Gasteiger partial charge is 0.416 e. The minimum absolute atomic E-state index is 0.147. The second-order valence-corrected chi connectivity index (χ2v) is 4.79. The number of Topliss-reactive ketones (excluding diaryl/α,β-unsaturated/α-hetero) is 1. The van der Waals surface area contributed by atoms with E-state index in [-0.39, 0.29) is 11.3 Å². The van der Waals surface area contributed by atoms with Crippen LogP contribution in [0.4, 0.5) is 13.2 Å². The van der Waals surface area contributed by atoms with Crippen LogP contribution < -0.4 is 0 Å². The second-order valence-electron chi connectivity index (χ2n) is 4.79. The predicted molar refractivity (Wildman–Crippen MR) is 64.5 cm³/mol. The number of halogens is 3. The van der Waals surface area contributed by atoms with Gasteiger partial charge in [-0.15, -0.1) is 0 Å². The van der Waals surface area contributed by atoms with Gasteiger partial charge in [-0.3, -0.25) is 4.79 Å². The molecule has 0 aliphatic heterocycles. The molecule has 0 N–H and O–H groups in total. The van der Waals surface area contributed by atoms with Crippen molar-refractivity contribution in [3.8, 4) is 0 Å². The Morgan fingerprint density at radius 3 is 2.50 bits per heavy atom. The molecule has 0 aromatic heterocycles. The molecule has 1 rings (SSSR count). The molecule has 0 spiro atoms. The van der Waals surface area contributed by atoms with Crippen LogP contribution in [0.1, 0.15) is 49.0 Å². The van der Waals surface area contributed by atoms with Gasteiger partial charge in [0.05, 0.1) is 5.56 Å². The quantitative estimate of drug-likeness (QED) is 0.699. The molecule has 1 nitrogen and oxygen atoms in total. The lowest BCUT2D eigenvalue weighted by molar-refractivity contribution is -0.137. The van der Waals surface area contributed by atoms with Crippen LogP contribution in [0.2, 0.25) is 0 Å². The first-order valence-electron chi connectivity index (χ1n) is 6.01. The third-order valence-corrected chi connectivity index (χ3v) is 2.70. The molecule has 0 aliphatic carbocycles. The summed E-state index contributed by atoms with van der Waals surface area (Å²) in [6.45, 7) is 4.10. The fraction of sp³-hybridized carbons (Fsp3) is 0.500. The van der Waals surface area contributed by atoms with Crippen molar-refractivity contribution in [1.82, 2.24) is 0 Å². The zero-order chi connectivity index (χ0) is 13.8. The van der Waals surface area contributed by atoms with Gasteiger partial charge in [0.25, 0.3) is 0 Å². The summed E-state index contributed by atoms with van der Waals surface area (Å²) in [5, 5.41) is 0. The van der Waals surface area contributed by atoms with Crippen LogP contribution in [0.15, 0.2) is 24.3 Å². The number of ketones is 1. The molecule has 1 aromatic rings. The molecular weight excluding hydrogens is 241 g/mol. The van der Waals surface area contributed by atoms with Crippen LogP contribution in [0, 0.1) is 5.92 Å². The number of rotatable bonds is 5. The van der Waals surface area contributed by atoms with Gasteiger partial charge in [-0.2, -0.15) is 13.2 Å². The summed E-state index contributed by atoms with van der Waals surface area (Å²) in [5.41, 5.74) is -0.620. The summed E-state index contributed by atoms with van der Waals surface area (Å²) in [5.74, 6) is 0.279. The molecule has 0 fully saturated rings. The summed E-state index contributed by atoms with van der Waals surface area (Å²) < 4.78 is 37.4. The van der Waals surface area contributed by atoms with E-state index >= 15 is 0 Å². The highest BCUT2D eigenvalue weighted by atomic mass is 19.4. The summed E-state index contributed by atoms with van der Waals surface area (Å²) in [7, 11) is 0. The summed E-state index contributed by atoms with van der Waals surface area (Å²) in [4.78, 5) is 11.7. The van der Waals surface area contributed by atoms with Gasteiger partial charge in [0.15, 0.2) is 5.78 Å². The van der Waals surface area contributed by atoms with Gasteiger partial charge in [0, 0.05) is 12.0 Å². The Hall–Kier alpha value is -1.32. The minimum atomic E-state index is -4.39. The molecule has 0 radical (unpaired) electrons. The van der Waals surface area contributed by atoms with E-state index in [1.807, 2.05) is 0 Å². The van der Waals surface area contributed by atoms with Crippen LogP contribution in [-0.4, -0.2) is 5.78 Å². The molecule has 0 aliphatic rings. The lowest BCUT2D eigenvalue weighted by atomic mass is 10.00. The third-order valence-electron chi connectivity index (χ3n) is 2.70. The van der Waals surface area contributed by atoms with Gasteiger partial charge >= 0.3 is 6.18 Å². The monoisotopic (exact) mass is 258 g/mol. The van der Waals surface area contributed by atoms with Gasteiger partial charge in [0.2, 0.25) is 0 Å². The van der Waals surface area contributed by atoms with Gasteiger partial charge < -0.3 is 0 Å². The molecule has 0 atom stereocenters. The predicted octanol–water partition coefficient (Wildman–Crippen LogP) is 4.71. The zero-order valence-corrected chi connectivity index (χ0v) is 10.6. The topological polar surface area (TPSA) is 17.1 Å². The lowest BCUT2D eigenvalue weighted by Crippen LogP contribution is -2.07. The summed E-state index contributed by atoms with van der Waals surface area (Å²) in [6, 6.07) is 4.62. The van der Waals surface area contributed by atoms with E-state index < -0.39 is 11.7 Å². The van der Waals surface area contributed by atoms with E-state index in [2.05, 4.69) is 13.8 Å². The van der Waals surface area contributed by atoms with Crippen LogP contribution in [-0.2, 0) is 6.18 Å². The van der Waals surface area contributed by atoms with Crippen molar-refractivity contribution in [3.63, 3.8) is 0 Å². The van der Waals surface area contributed by atoms with Crippen LogP contribution in [0.25, 0.3) is 0 Å². The van der Waals surface area contributed by atoms with E-state index in [1.165, 1.54) is 12.1 Å². The van der Waals surface area contributed by atoms with Crippen molar-refractivity contribution in [3.05, 3.63) is 35.4 Å². The molecule has 0 amide bonds. The maximum Gasteiger partial charge on any atom is 0.416 e. The maximum atomic E-state index is 12.5. The highest BCUT2D eigenvalue weighted by Gasteiger charge is 2.30. The fourth-order valence-electron chi connectivity index (χ4n) is 1.68. The van der Waals surface area contributed by atoms with E-state index in [0.29, 0.717) is 18.8 Å². The van der Waals surface area contributed by atoms with Crippen molar-refractivity contribution in [1.29, 1.82) is 0 Å². The van der Waals surface area contributed by atoms with Gasteiger partial charge in [0.1, 0.15) is 0 Å². The van der Waals surface area contributed by atoms with E-state index in [0.717, 1.165) is 18.6 Å². The summed E-state index contributed by atoms with van der Waals surface area (Å²) >= 11 is 0. The van der Waals surface area contributed by atoms with Crippen LogP contribution >= 0.6 is 0 Å². The number of carbonyl (C=O) groups is 1. The van der Waals surface area contributed by atoms with Gasteiger partial charge in [-0.1, -0.05) is 32.4 Å². The number of carbonyl (C=O) groups excluding carboxylic acids is 1. The maximum absolute atomic E-state index is 12.5. The van der Waals surface area contributed by atoms with Crippen LogP contribution in [0.3, 0.4) is 0 Å². The van der Waals surface area contributed by atoms with Crippen LogP contribution in [0.5, 0.6) is 0 Å². The molecule has 0 saturated heterocycles. The molecule has 0 bridgehead atoms. The Labute approximate surface area is 105 Å². The molecule has 0 unspecified atom stereocenters.